The van der Waals surface area contributed by atoms with E-state index in [1.807, 2.05) is 0 Å². The van der Waals surface area contributed by atoms with Gasteiger partial charge < -0.3 is 19.3 Å². The standard InChI is InChI=1S/C5H12O8S2.2K/c6-4(14(8,9)10)2-1-3-5(7)15(11,12)13;;/h4-7H,1-3H2,(H,8,9,10)(H,11,12,13);;/q;2*+1/p-2. The van der Waals surface area contributed by atoms with Gasteiger partial charge in [-0.15, -0.1) is 0 Å². The molecular formula is C5H10K2O8S2. The minimum absolute atomic E-state index is 0. The van der Waals surface area contributed by atoms with Crippen LogP contribution in [0.4, 0.5) is 0 Å². The zero-order valence-corrected chi connectivity index (χ0v) is 17.3. The van der Waals surface area contributed by atoms with Crippen LogP contribution in [0.5, 0.6) is 0 Å². The SMILES string of the molecule is O=S(=O)([O-])C(O)CCCC(O)S(=O)(=O)[O-].[K+].[K+]. The Labute approximate surface area is 185 Å². The molecule has 0 amide bonds. The van der Waals surface area contributed by atoms with Crippen LogP contribution in [-0.4, -0.2) is 47.0 Å². The molecule has 2 unspecified atom stereocenters. The molecule has 0 heterocycles. The monoisotopic (exact) mass is 340 g/mol. The van der Waals surface area contributed by atoms with Crippen LogP contribution in [0, 0.1) is 0 Å². The predicted molar refractivity (Wildman–Crippen MR) is 45.3 cm³/mol. The van der Waals surface area contributed by atoms with Gasteiger partial charge in [0.2, 0.25) is 0 Å². The molecule has 2 N–H and O–H groups in total. The Morgan fingerprint density at radius 1 is 0.824 bits per heavy atom. The third-order valence-electron chi connectivity index (χ3n) is 1.57. The van der Waals surface area contributed by atoms with Crippen LogP contribution in [0.2, 0.25) is 0 Å². The van der Waals surface area contributed by atoms with Crippen molar-refractivity contribution in [2.75, 3.05) is 0 Å². The van der Waals surface area contributed by atoms with Crippen LogP contribution in [0.25, 0.3) is 0 Å². The topological polar surface area (TPSA) is 155 Å². The molecule has 8 nitrogen and oxygen atoms in total. The van der Waals surface area contributed by atoms with Crippen molar-refractivity contribution in [3.63, 3.8) is 0 Å². The summed E-state index contributed by atoms with van der Waals surface area (Å²) in [7, 11) is -9.68. The molecule has 0 saturated carbocycles. The number of aliphatic hydroxyl groups is 2. The van der Waals surface area contributed by atoms with Crippen molar-refractivity contribution in [3.05, 3.63) is 0 Å². The minimum atomic E-state index is -4.84. The van der Waals surface area contributed by atoms with Gasteiger partial charge in [-0.2, -0.15) is 0 Å². The van der Waals surface area contributed by atoms with Gasteiger partial charge in [0.1, 0.15) is 31.1 Å². The Hall–Kier alpha value is 3.01. The summed E-state index contributed by atoms with van der Waals surface area (Å²) in [5.74, 6) is 0. The van der Waals surface area contributed by atoms with Crippen LogP contribution >= 0.6 is 0 Å². The van der Waals surface area contributed by atoms with Crippen molar-refractivity contribution in [2.45, 2.75) is 30.1 Å². The van der Waals surface area contributed by atoms with Crippen LogP contribution in [-0.2, 0) is 20.2 Å². The number of hydrogen-bond acceptors (Lipinski definition) is 8. The second kappa shape index (κ2) is 10.7. The zero-order chi connectivity index (χ0) is 12.3. The average Bonchev–Trinajstić information content (AvgIpc) is 2.00. The molecule has 92 valence electrons. The van der Waals surface area contributed by atoms with Crippen LogP contribution < -0.4 is 103 Å². The fourth-order valence-corrected chi connectivity index (χ4v) is 1.67. The molecule has 17 heavy (non-hydrogen) atoms. The van der Waals surface area contributed by atoms with E-state index in [2.05, 4.69) is 0 Å². The molecule has 0 fully saturated rings. The molecule has 2 atom stereocenters. The first-order valence-electron chi connectivity index (χ1n) is 3.80. The van der Waals surface area contributed by atoms with Gasteiger partial charge in [-0.25, -0.2) is 16.8 Å². The van der Waals surface area contributed by atoms with Crippen LogP contribution in [0.3, 0.4) is 0 Å². The van der Waals surface area contributed by atoms with Crippen LogP contribution in [0.1, 0.15) is 19.3 Å². The zero-order valence-electron chi connectivity index (χ0n) is 9.44. The van der Waals surface area contributed by atoms with E-state index in [4.69, 9.17) is 10.2 Å². The maximum Gasteiger partial charge on any atom is 1.00 e. The van der Waals surface area contributed by atoms with E-state index in [9.17, 15) is 25.9 Å². The number of aliphatic hydroxyl groups excluding tert-OH is 2. The quantitative estimate of drug-likeness (QED) is 0.357. The normalized spacial score (nSPS) is 15.3. The van der Waals surface area contributed by atoms with Crippen molar-refractivity contribution < 1.29 is 139 Å². The molecule has 0 saturated heterocycles. The van der Waals surface area contributed by atoms with Gasteiger partial charge >= 0.3 is 103 Å². The molecule has 0 aliphatic rings. The summed E-state index contributed by atoms with van der Waals surface area (Å²) < 4.78 is 60.9. The first-order chi connectivity index (χ1) is 6.55. The van der Waals surface area contributed by atoms with Gasteiger partial charge in [0.05, 0.1) is 0 Å². The second-order valence-corrected chi connectivity index (χ2v) is 5.89. The molecule has 0 bridgehead atoms. The van der Waals surface area contributed by atoms with E-state index in [0.717, 1.165) is 0 Å². The summed E-state index contributed by atoms with van der Waals surface area (Å²) >= 11 is 0. The molecule has 0 aromatic carbocycles. The van der Waals surface area contributed by atoms with E-state index in [0.29, 0.717) is 0 Å². The van der Waals surface area contributed by atoms with E-state index >= 15 is 0 Å². The van der Waals surface area contributed by atoms with Crippen molar-refractivity contribution in [2.24, 2.45) is 0 Å². The molecule has 0 spiro atoms. The summed E-state index contributed by atoms with van der Waals surface area (Å²) in [5, 5.41) is 17.4. The maximum absolute atomic E-state index is 10.2. The van der Waals surface area contributed by atoms with Gasteiger partial charge in [-0.05, 0) is 19.3 Å². The summed E-state index contributed by atoms with van der Waals surface area (Å²) in [6, 6.07) is 0. The van der Waals surface area contributed by atoms with Gasteiger partial charge in [-0.3, -0.25) is 0 Å². The van der Waals surface area contributed by atoms with Gasteiger partial charge in [0.15, 0.2) is 0 Å². The molecule has 0 aliphatic carbocycles. The third-order valence-corrected chi connectivity index (χ3v) is 3.37. The molecule has 0 radical (unpaired) electrons. The van der Waals surface area contributed by atoms with Gasteiger partial charge in [0, 0.05) is 0 Å². The minimum Gasteiger partial charge on any atom is -0.746 e. The summed E-state index contributed by atoms with van der Waals surface area (Å²) in [6.45, 7) is 0. The molecule has 0 aromatic heterocycles. The fourth-order valence-electron chi connectivity index (χ4n) is 0.756. The Bertz CT molecular complexity index is 352. The molecular weight excluding hydrogens is 330 g/mol. The molecule has 0 aromatic rings. The van der Waals surface area contributed by atoms with E-state index in [-0.39, 0.29) is 109 Å². The largest absolute Gasteiger partial charge is 1.00 e. The van der Waals surface area contributed by atoms with Crippen LogP contribution in [0.15, 0.2) is 0 Å². The Morgan fingerprint density at radius 3 is 1.24 bits per heavy atom. The van der Waals surface area contributed by atoms with Crippen molar-refractivity contribution in [1.82, 2.24) is 0 Å². The Balaban J connectivity index is -0.000000980. The first-order valence-corrected chi connectivity index (χ1v) is 6.75. The van der Waals surface area contributed by atoms with E-state index in [1.165, 1.54) is 0 Å². The second-order valence-electron chi connectivity index (χ2n) is 2.83. The maximum atomic E-state index is 10.2. The third kappa shape index (κ3) is 12.5. The average molecular weight is 340 g/mol. The number of rotatable bonds is 6. The smallest absolute Gasteiger partial charge is 0.746 e. The predicted octanol–water partition coefficient (Wildman–Crippen LogP) is -8.11. The Morgan fingerprint density at radius 2 is 1.06 bits per heavy atom. The van der Waals surface area contributed by atoms with Crippen molar-refractivity contribution in [1.29, 1.82) is 0 Å². The van der Waals surface area contributed by atoms with Gasteiger partial charge in [0.25, 0.3) is 0 Å². The first kappa shape index (κ1) is 25.0. The molecule has 0 rings (SSSR count). The van der Waals surface area contributed by atoms with Crippen molar-refractivity contribution >= 4 is 20.2 Å². The Kier molecular flexibility index (Phi) is 15.7. The van der Waals surface area contributed by atoms with Gasteiger partial charge in [-0.1, -0.05) is 0 Å². The summed E-state index contributed by atoms with van der Waals surface area (Å²) in [5.41, 5.74) is -4.31. The van der Waals surface area contributed by atoms with Crippen molar-refractivity contribution in [3.8, 4) is 0 Å². The fraction of sp³-hybridized carbons (Fsp3) is 1.00. The van der Waals surface area contributed by atoms with E-state index < -0.39 is 43.9 Å². The molecule has 0 aliphatic heterocycles. The number of hydrogen-bond donors (Lipinski definition) is 2. The molecule has 12 heteroatoms. The summed E-state index contributed by atoms with van der Waals surface area (Å²) in [4.78, 5) is 0. The van der Waals surface area contributed by atoms with E-state index in [1.54, 1.807) is 0 Å². The summed E-state index contributed by atoms with van der Waals surface area (Å²) in [6.07, 6.45) is -1.33.